The summed E-state index contributed by atoms with van der Waals surface area (Å²) in [5.41, 5.74) is 0. The van der Waals surface area contributed by atoms with Crippen LogP contribution in [0.5, 0.6) is 0 Å². The average molecular weight is 695 g/mol. The van der Waals surface area contributed by atoms with Crippen molar-refractivity contribution in [3.8, 4) is 0 Å². The van der Waals surface area contributed by atoms with Crippen LogP contribution in [0.4, 0.5) is 0 Å². The number of piperazine rings is 1. The van der Waals surface area contributed by atoms with Crippen molar-refractivity contribution in [2.45, 2.75) is 121 Å². The van der Waals surface area contributed by atoms with Crippen molar-refractivity contribution in [3.63, 3.8) is 0 Å². The molecule has 0 aromatic carbocycles. The highest BCUT2D eigenvalue weighted by Crippen LogP contribution is 2.10. The van der Waals surface area contributed by atoms with Crippen LogP contribution in [0.15, 0.2) is 12.2 Å². The normalized spacial score (nSPS) is 15.5. The van der Waals surface area contributed by atoms with E-state index in [1.165, 1.54) is 83.5 Å². The summed E-state index contributed by atoms with van der Waals surface area (Å²) in [6.07, 6.45) is 13.9. The summed E-state index contributed by atoms with van der Waals surface area (Å²) in [5, 5.41) is 68.3. The van der Waals surface area contributed by atoms with Crippen LogP contribution in [-0.2, 0) is 28.7 Å². The lowest BCUT2D eigenvalue weighted by molar-refractivity contribution is -0.165. The minimum atomic E-state index is -2.27. The Hall–Kier alpha value is -3.15. The Morgan fingerprint density at radius 1 is 0.604 bits per heavy atom. The zero-order valence-electron chi connectivity index (χ0n) is 28.1. The summed E-state index contributed by atoms with van der Waals surface area (Å²) in [7, 11) is 0. The summed E-state index contributed by atoms with van der Waals surface area (Å²) < 4.78 is 5.35. The molecule has 16 nitrogen and oxygen atoms in total. The lowest BCUT2D eigenvalue weighted by Crippen LogP contribution is -2.45. The Balaban J connectivity index is 0. The highest BCUT2D eigenvalue weighted by atomic mass is 16.5. The van der Waals surface area contributed by atoms with Crippen LogP contribution in [0.2, 0.25) is 0 Å². The second kappa shape index (κ2) is 31.1. The summed E-state index contributed by atoms with van der Waals surface area (Å²) in [6, 6.07) is 0. The Morgan fingerprint density at radius 3 is 1.33 bits per heavy atom. The number of aliphatic carboxylic acids is 4. The van der Waals surface area contributed by atoms with Gasteiger partial charge in [-0.05, 0) is 32.1 Å². The second-order valence-electron chi connectivity index (χ2n) is 11.3. The minimum absolute atomic E-state index is 0.0605. The van der Waals surface area contributed by atoms with E-state index >= 15 is 0 Å². The van der Waals surface area contributed by atoms with Gasteiger partial charge in [0.2, 0.25) is 0 Å². The van der Waals surface area contributed by atoms with E-state index in [9.17, 15) is 24.0 Å². The van der Waals surface area contributed by atoms with Gasteiger partial charge in [0.25, 0.3) is 0 Å². The van der Waals surface area contributed by atoms with Crippen LogP contribution in [0.1, 0.15) is 96.8 Å². The first-order valence-electron chi connectivity index (χ1n) is 16.6. The van der Waals surface area contributed by atoms with Crippen molar-refractivity contribution in [2.75, 3.05) is 39.3 Å². The number of hydrogen-bond acceptors (Lipinski definition) is 12. The predicted molar refractivity (Wildman–Crippen MR) is 174 cm³/mol. The van der Waals surface area contributed by atoms with Gasteiger partial charge in [-0.2, -0.15) is 0 Å². The number of nitrogens with one attached hydrogen (secondary N) is 1. The van der Waals surface area contributed by atoms with E-state index in [4.69, 9.17) is 45.6 Å². The molecule has 9 N–H and O–H groups in total. The van der Waals surface area contributed by atoms with E-state index in [-0.39, 0.29) is 5.97 Å². The van der Waals surface area contributed by atoms with E-state index in [2.05, 4.69) is 29.3 Å². The standard InChI is InChI=1S/C24H46N2O2.2C4H6O6/c1-2-3-4-5-6-7-8-9-10-11-12-13-14-15-16-17-22-28-24(27)23-26-20-18-25-19-21-26;2*5-1(3(7)8)2(6)4(9)10/h9-10,25H,2-8,11-23H2,1H3;2*1-2,5-6H,(H,7,8)(H,9,10)/b10-9-;;. The quantitative estimate of drug-likeness (QED) is 0.0390. The van der Waals surface area contributed by atoms with Crippen LogP contribution >= 0.6 is 0 Å². The first-order valence-corrected chi connectivity index (χ1v) is 16.6. The second-order valence-corrected chi connectivity index (χ2v) is 11.3. The molecular formula is C32H58N2O14. The third-order valence-electron chi connectivity index (χ3n) is 7.09. The van der Waals surface area contributed by atoms with E-state index in [0.29, 0.717) is 13.2 Å². The number of unbranched alkanes of at least 4 members (excludes halogenated alkanes) is 12. The van der Waals surface area contributed by atoms with E-state index in [1.807, 2.05) is 0 Å². The summed E-state index contributed by atoms with van der Waals surface area (Å²) in [4.78, 5) is 53.0. The first kappa shape index (κ1) is 47.0. The summed E-state index contributed by atoms with van der Waals surface area (Å²) in [5.74, 6) is -7.13. The molecule has 0 aliphatic carbocycles. The highest BCUT2D eigenvalue weighted by Gasteiger charge is 2.30. The first-order chi connectivity index (χ1) is 22.8. The number of carboxylic acids is 4. The number of aliphatic hydroxyl groups excluding tert-OH is 4. The van der Waals surface area contributed by atoms with Crippen LogP contribution in [0.25, 0.3) is 0 Å². The SMILES string of the molecule is CCCCCCCC/C=C\CCCCCCCCOC(=O)CN1CCNCC1.O=C(O)C(O)C(O)C(=O)O.O=C(O)C(O)C(O)C(=O)O. The largest absolute Gasteiger partial charge is 0.479 e. The van der Waals surface area contributed by atoms with Gasteiger partial charge in [-0.15, -0.1) is 0 Å². The maximum absolute atomic E-state index is 11.8. The number of carboxylic acid groups (broad SMARTS) is 4. The Bertz CT molecular complexity index is 839. The van der Waals surface area contributed by atoms with E-state index < -0.39 is 48.3 Å². The molecule has 1 heterocycles. The fraction of sp³-hybridized carbons (Fsp3) is 0.781. The number of allylic oxidation sites excluding steroid dienone is 2. The average Bonchev–Trinajstić information content (AvgIpc) is 3.05. The Morgan fingerprint density at radius 2 is 0.958 bits per heavy atom. The molecule has 0 radical (unpaired) electrons. The molecule has 280 valence electrons. The van der Waals surface area contributed by atoms with Gasteiger partial charge in [-0.1, -0.05) is 76.9 Å². The summed E-state index contributed by atoms with van der Waals surface area (Å²) >= 11 is 0. The molecule has 1 aliphatic rings. The van der Waals surface area contributed by atoms with Crippen molar-refractivity contribution < 1.29 is 69.6 Å². The lowest BCUT2D eigenvalue weighted by atomic mass is 10.1. The maximum Gasteiger partial charge on any atom is 0.335 e. The number of ether oxygens (including phenoxy) is 1. The Labute approximate surface area is 282 Å². The van der Waals surface area contributed by atoms with Crippen LogP contribution in [0.3, 0.4) is 0 Å². The number of esters is 1. The number of aliphatic hydroxyl groups is 4. The van der Waals surface area contributed by atoms with Gasteiger partial charge in [-0.3, -0.25) is 9.69 Å². The summed E-state index contributed by atoms with van der Waals surface area (Å²) in [6.45, 7) is 7.16. The predicted octanol–water partition coefficient (Wildman–Crippen LogP) is 1.23. The van der Waals surface area contributed by atoms with E-state index in [0.717, 1.165) is 32.6 Å². The molecular weight excluding hydrogens is 636 g/mol. The fourth-order valence-electron chi connectivity index (χ4n) is 4.17. The van der Waals surface area contributed by atoms with Crippen LogP contribution in [0, 0.1) is 0 Å². The van der Waals surface area contributed by atoms with Gasteiger partial charge in [-0.25, -0.2) is 19.2 Å². The van der Waals surface area contributed by atoms with Gasteiger partial charge < -0.3 is 50.9 Å². The molecule has 0 spiro atoms. The lowest BCUT2D eigenvalue weighted by Gasteiger charge is -2.25. The molecule has 4 atom stereocenters. The van der Waals surface area contributed by atoms with Crippen molar-refractivity contribution >= 4 is 29.8 Å². The molecule has 1 rings (SSSR count). The number of hydrogen-bond donors (Lipinski definition) is 9. The third kappa shape index (κ3) is 27.9. The molecule has 0 amide bonds. The smallest absolute Gasteiger partial charge is 0.335 e. The number of carbonyl (C=O) groups excluding carboxylic acids is 1. The van der Waals surface area contributed by atoms with Crippen molar-refractivity contribution in [1.82, 2.24) is 10.2 Å². The van der Waals surface area contributed by atoms with Gasteiger partial charge in [0.15, 0.2) is 24.4 Å². The minimum Gasteiger partial charge on any atom is -0.479 e. The van der Waals surface area contributed by atoms with Gasteiger partial charge in [0, 0.05) is 26.2 Å². The number of nitrogens with zero attached hydrogens (tertiary/aromatic N) is 1. The number of carbonyl (C=O) groups is 5. The van der Waals surface area contributed by atoms with Crippen molar-refractivity contribution in [2.24, 2.45) is 0 Å². The van der Waals surface area contributed by atoms with Gasteiger partial charge in [0.1, 0.15) is 0 Å². The molecule has 0 saturated carbocycles. The number of rotatable bonds is 24. The molecule has 0 aromatic rings. The monoisotopic (exact) mass is 694 g/mol. The topological polar surface area (TPSA) is 272 Å². The van der Waals surface area contributed by atoms with Gasteiger partial charge in [0.05, 0.1) is 13.2 Å². The van der Waals surface area contributed by atoms with Crippen LogP contribution in [-0.4, -0.2) is 139 Å². The highest BCUT2D eigenvalue weighted by molar-refractivity contribution is 5.83. The zero-order valence-corrected chi connectivity index (χ0v) is 28.1. The van der Waals surface area contributed by atoms with Crippen molar-refractivity contribution in [1.29, 1.82) is 0 Å². The van der Waals surface area contributed by atoms with Gasteiger partial charge >= 0.3 is 29.8 Å². The zero-order chi connectivity index (χ0) is 36.7. The molecule has 1 saturated heterocycles. The molecule has 4 unspecified atom stereocenters. The Kier molecular flexibility index (Phi) is 30.5. The molecule has 1 aliphatic heterocycles. The molecule has 0 bridgehead atoms. The molecule has 0 aromatic heterocycles. The van der Waals surface area contributed by atoms with Crippen LogP contribution < -0.4 is 5.32 Å². The van der Waals surface area contributed by atoms with E-state index in [1.54, 1.807) is 0 Å². The molecule has 1 fully saturated rings. The van der Waals surface area contributed by atoms with Crippen molar-refractivity contribution in [3.05, 3.63) is 12.2 Å². The fourth-order valence-corrected chi connectivity index (χ4v) is 4.17. The maximum atomic E-state index is 11.8. The molecule has 48 heavy (non-hydrogen) atoms. The molecule has 16 heteroatoms. The third-order valence-corrected chi connectivity index (χ3v) is 7.09.